The van der Waals surface area contributed by atoms with E-state index in [1.165, 1.54) is 19.3 Å². The van der Waals surface area contributed by atoms with Crippen molar-refractivity contribution in [1.82, 2.24) is 0 Å². The Morgan fingerprint density at radius 2 is 1.50 bits per heavy atom. The molecule has 0 spiro atoms. The Morgan fingerprint density at radius 1 is 0.800 bits per heavy atom. The summed E-state index contributed by atoms with van der Waals surface area (Å²) in [5, 5.41) is 0. The maximum absolute atomic E-state index is 2.43. The lowest BCUT2D eigenvalue weighted by molar-refractivity contribution is 0.387. The third-order valence-corrected chi connectivity index (χ3v) is 3.45. The van der Waals surface area contributed by atoms with E-state index in [2.05, 4.69) is 6.92 Å². The molecular weight excluding hydrogens is 120 g/mol. The molecule has 0 heterocycles. The van der Waals surface area contributed by atoms with Gasteiger partial charge in [0.2, 0.25) is 0 Å². The summed E-state index contributed by atoms with van der Waals surface area (Å²) in [6.07, 6.45) is 9.27. The van der Waals surface area contributed by atoms with E-state index in [1.54, 1.807) is 19.3 Å². The molecule has 2 fully saturated rings. The monoisotopic (exact) mass is 138 g/mol. The topological polar surface area (TPSA) is 0 Å². The molecule has 0 N–H and O–H groups in total. The summed E-state index contributed by atoms with van der Waals surface area (Å²) < 4.78 is 0. The molecule has 0 amide bonds. The highest BCUT2D eigenvalue weighted by Gasteiger charge is 2.28. The number of hydrogen-bond acceptors (Lipinski definition) is 0. The molecule has 0 radical (unpaired) electrons. The van der Waals surface area contributed by atoms with E-state index in [1.807, 2.05) is 0 Å². The smallest absolute Gasteiger partial charge is 0.0409 e. The second-order valence-electron chi connectivity index (χ2n) is 4.46. The van der Waals surface area contributed by atoms with Gasteiger partial charge >= 0.3 is 0 Å². The van der Waals surface area contributed by atoms with Crippen LogP contribution >= 0.6 is 0 Å². The zero-order valence-electron chi connectivity index (χ0n) is 6.97. The fourth-order valence-corrected chi connectivity index (χ4v) is 2.86. The molecule has 0 aromatic carbocycles. The maximum atomic E-state index is 2.43. The second-order valence-corrected chi connectivity index (χ2v) is 4.46. The van der Waals surface area contributed by atoms with E-state index in [0.29, 0.717) is 0 Å². The van der Waals surface area contributed by atoms with Gasteiger partial charge in [0, 0.05) is 0 Å². The van der Waals surface area contributed by atoms with Crippen LogP contribution in [0.5, 0.6) is 0 Å². The molecule has 0 heteroatoms. The predicted molar refractivity (Wildman–Crippen MR) is 43.8 cm³/mol. The van der Waals surface area contributed by atoms with Gasteiger partial charge in [0.05, 0.1) is 0 Å². The van der Waals surface area contributed by atoms with Crippen LogP contribution in [-0.4, -0.2) is 0 Å². The van der Waals surface area contributed by atoms with Crippen LogP contribution in [0.3, 0.4) is 0 Å². The van der Waals surface area contributed by atoms with Crippen molar-refractivity contribution in [2.45, 2.75) is 45.4 Å². The zero-order valence-corrected chi connectivity index (χ0v) is 6.97. The Labute approximate surface area is 64.0 Å². The lowest BCUT2D eigenvalue weighted by Crippen LogP contribution is -2.00. The minimum absolute atomic E-state index is 1.04. The standard InChI is InChI=1S/C10H18/c1-8-2-3-9-4-5-10(6-8)7-9/h8-10H,2-7H2,1H3. The first-order chi connectivity index (χ1) is 4.84. The highest BCUT2D eigenvalue weighted by atomic mass is 14.3. The summed E-state index contributed by atoms with van der Waals surface area (Å²) in [5.74, 6) is 3.30. The molecule has 2 saturated carbocycles. The van der Waals surface area contributed by atoms with E-state index in [4.69, 9.17) is 0 Å². The van der Waals surface area contributed by atoms with Crippen LogP contribution in [0.2, 0.25) is 0 Å². The quantitative estimate of drug-likeness (QED) is 0.482. The lowest BCUT2D eigenvalue weighted by atomic mass is 9.93. The third-order valence-electron chi connectivity index (χ3n) is 3.45. The predicted octanol–water partition coefficient (Wildman–Crippen LogP) is 3.22. The molecule has 3 atom stereocenters. The summed E-state index contributed by atoms with van der Waals surface area (Å²) in [4.78, 5) is 0. The first kappa shape index (κ1) is 6.69. The Balaban J connectivity index is 1.99. The Kier molecular flexibility index (Phi) is 1.71. The Hall–Kier alpha value is 0. The van der Waals surface area contributed by atoms with Gasteiger partial charge in [-0.1, -0.05) is 32.6 Å². The van der Waals surface area contributed by atoms with Crippen LogP contribution in [0.25, 0.3) is 0 Å². The lowest BCUT2D eigenvalue weighted by Gasteiger charge is -2.13. The fourth-order valence-electron chi connectivity index (χ4n) is 2.86. The number of fused-ring (bicyclic) bond motifs is 2. The highest BCUT2D eigenvalue weighted by molar-refractivity contribution is 4.80. The first-order valence-corrected chi connectivity index (χ1v) is 4.84. The minimum atomic E-state index is 1.04. The molecule has 10 heavy (non-hydrogen) atoms. The van der Waals surface area contributed by atoms with Crippen molar-refractivity contribution >= 4 is 0 Å². The first-order valence-electron chi connectivity index (χ1n) is 4.84. The summed E-state index contributed by atoms with van der Waals surface area (Å²) in [6, 6.07) is 0. The summed E-state index contributed by atoms with van der Waals surface area (Å²) in [5.41, 5.74) is 0. The van der Waals surface area contributed by atoms with Gasteiger partial charge in [-0.05, 0) is 30.6 Å². The Morgan fingerprint density at radius 3 is 2.40 bits per heavy atom. The van der Waals surface area contributed by atoms with Crippen molar-refractivity contribution in [2.75, 3.05) is 0 Å². The zero-order chi connectivity index (χ0) is 6.97. The van der Waals surface area contributed by atoms with E-state index < -0.39 is 0 Å². The molecule has 0 nitrogen and oxygen atoms in total. The van der Waals surface area contributed by atoms with Crippen LogP contribution in [0.1, 0.15) is 45.4 Å². The van der Waals surface area contributed by atoms with Crippen LogP contribution in [0.15, 0.2) is 0 Å². The van der Waals surface area contributed by atoms with Crippen LogP contribution in [-0.2, 0) is 0 Å². The SMILES string of the molecule is CC1CCC2CCC(C1)C2. The average Bonchev–Trinajstić information content (AvgIpc) is 2.22. The van der Waals surface area contributed by atoms with Crippen LogP contribution < -0.4 is 0 Å². The summed E-state index contributed by atoms with van der Waals surface area (Å²) in [7, 11) is 0. The van der Waals surface area contributed by atoms with E-state index in [9.17, 15) is 0 Å². The highest BCUT2D eigenvalue weighted by Crippen LogP contribution is 2.41. The van der Waals surface area contributed by atoms with Gasteiger partial charge in [-0.2, -0.15) is 0 Å². The summed E-state index contributed by atoms with van der Waals surface area (Å²) >= 11 is 0. The fraction of sp³-hybridized carbons (Fsp3) is 1.00. The third kappa shape index (κ3) is 1.21. The molecular formula is C10H18. The molecule has 0 aliphatic heterocycles. The van der Waals surface area contributed by atoms with Gasteiger partial charge in [-0.3, -0.25) is 0 Å². The van der Waals surface area contributed by atoms with Gasteiger partial charge in [0.15, 0.2) is 0 Å². The molecule has 58 valence electrons. The van der Waals surface area contributed by atoms with Crippen molar-refractivity contribution in [3.05, 3.63) is 0 Å². The van der Waals surface area contributed by atoms with Gasteiger partial charge in [0.1, 0.15) is 0 Å². The van der Waals surface area contributed by atoms with Crippen LogP contribution in [0.4, 0.5) is 0 Å². The molecule has 3 unspecified atom stereocenters. The largest absolute Gasteiger partial charge is 0.0625 e. The van der Waals surface area contributed by atoms with E-state index in [0.717, 1.165) is 17.8 Å². The van der Waals surface area contributed by atoms with Crippen molar-refractivity contribution < 1.29 is 0 Å². The van der Waals surface area contributed by atoms with E-state index >= 15 is 0 Å². The summed E-state index contributed by atoms with van der Waals surface area (Å²) in [6.45, 7) is 2.43. The van der Waals surface area contributed by atoms with Gasteiger partial charge in [-0.15, -0.1) is 0 Å². The maximum Gasteiger partial charge on any atom is -0.0409 e. The normalized spacial score (nSPS) is 47.1. The molecule has 0 saturated heterocycles. The van der Waals surface area contributed by atoms with Gasteiger partial charge in [0.25, 0.3) is 0 Å². The second kappa shape index (κ2) is 2.56. The molecule has 2 aliphatic carbocycles. The number of hydrogen-bond donors (Lipinski definition) is 0. The van der Waals surface area contributed by atoms with Crippen LogP contribution in [0, 0.1) is 17.8 Å². The van der Waals surface area contributed by atoms with E-state index in [-0.39, 0.29) is 0 Å². The van der Waals surface area contributed by atoms with Gasteiger partial charge in [-0.25, -0.2) is 0 Å². The molecule has 2 aliphatic rings. The molecule has 0 aromatic heterocycles. The molecule has 2 bridgehead atoms. The van der Waals surface area contributed by atoms with Gasteiger partial charge < -0.3 is 0 Å². The average molecular weight is 138 g/mol. The van der Waals surface area contributed by atoms with Crippen molar-refractivity contribution in [1.29, 1.82) is 0 Å². The van der Waals surface area contributed by atoms with Crippen molar-refractivity contribution in [3.8, 4) is 0 Å². The minimum Gasteiger partial charge on any atom is -0.0625 e. The Bertz CT molecular complexity index is 117. The molecule has 0 aromatic rings. The molecule has 2 rings (SSSR count). The number of rotatable bonds is 0. The van der Waals surface area contributed by atoms with Crippen molar-refractivity contribution in [3.63, 3.8) is 0 Å². The van der Waals surface area contributed by atoms with Crippen molar-refractivity contribution in [2.24, 2.45) is 17.8 Å².